The van der Waals surface area contributed by atoms with Crippen molar-refractivity contribution in [2.24, 2.45) is 0 Å². The number of hydrogen-bond donors (Lipinski definition) is 1. The second-order valence-corrected chi connectivity index (χ2v) is 5.25. The molecule has 0 bridgehead atoms. The molecule has 0 aliphatic rings. The molecular weight excluding hydrogens is 266 g/mol. The van der Waals surface area contributed by atoms with Gasteiger partial charge in [-0.05, 0) is 46.5 Å². The highest BCUT2D eigenvalue weighted by molar-refractivity contribution is 7.07. The van der Waals surface area contributed by atoms with Gasteiger partial charge >= 0.3 is 0 Å². The van der Waals surface area contributed by atoms with Gasteiger partial charge in [0.15, 0.2) is 0 Å². The Morgan fingerprint density at radius 1 is 1.28 bits per heavy atom. The number of amides is 1. The fraction of sp³-hybridized carbons (Fsp3) is 0.214. The van der Waals surface area contributed by atoms with E-state index in [1.54, 1.807) is 11.3 Å². The average molecular weight is 280 g/mol. The summed E-state index contributed by atoms with van der Waals surface area (Å²) in [6, 6.07) is 9.64. The highest BCUT2D eigenvalue weighted by Gasteiger charge is 2.03. The second kappa shape index (κ2) is 6.57. The van der Waals surface area contributed by atoms with Crippen LogP contribution >= 0.6 is 22.9 Å². The van der Waals surface area contributed by atoms with Crippen molar-refractivity contribution in [2.45, 2.75) is 19.4 Å². The molecule has 2 nitrogen and oxygen atoms in total. The van der Waals surface area contributed by atoms with Crippen molar-refractivity contribution >= 4 is 28.8 Å². The lowest BCUT2D eigenvalue weighted by Crippen LogP contribution is -2.22. The van der Waals surface area contributed by atoms with Gasteiger partial charge < -0.3 is 5.32 Å². The Labute approximate surface area is 116 Å². The monoisotopic (exact) mass is 279 g/mol. The number of halogens is 1. The van der Waals surface area contributed by atoms with Gasteiger partial charge in [0, 0.05) is 18.0 Å². The van der Waals surface area contributed by atoms with Crippen LogP contribution in [0.1, 0.15) is 17.5 Å². The molecule has 1 amide bonds. The third-order valence-corrected chi connectivity index (χ3v) is 3.57. The molecule has 1 aromatic carbocycles. The molecule has 1 heterocycles. The number of carbonyl (C=O) groups excluding carboxylic acids is 1. The van der Waals surface area contributed by atoms with Gasteiger partial charge in [0.25, 0.3) is 0 Å². The fourth-order valence-corrected chi connectivity index (χ4v) is 2.51. The van der Waals surface area contributed by atoms with Gasteiger partial charge in [0.2, 0.25) is 5.91 Å². The maximum Gasteiger partial charge on any atom is 0.220 e. The highest BCUT2D eigenvalue weighted by Crippen LogP contribution is 2.12. The minimum atomic E-state index is 0.0705. The lowest BCUT2D eigenvalue weighted by atomic mass is 10.1. The number of benzene rings is 1. The van der Waals surface area contributed by atoms with E-state index in [1.807, 2.05) is 41.1 Å². The summed E-state index contributed by atoms with van der Waals surface area (Å²) < 4.78 is 0. The predicted octanol–water partition coefficient (Wildman–Crippen LogP) is 3.65. The molecule has 0 unspecified atom stereocenters. The van der Waals surface area contributed by atoms with E-state index in [-0.39, 0.29) is 5.91 Å². The maximum atomic E-state index is 11.7. The van der Waals surface area contributed by atoms with E-state index in [9.17, 15) is 4.79 Å². The van der Waals surface area contributed by atoms with Crippen LogP contribution < -0.4 is 5.32 Å². The predicted molar refractivity (Wildman–Crippen MR) is 75.9 cm³/mol. The first-order valence-corrected chi connectivity index (χ1v) is 7.08. The van der Waals surface area contributed by atoms with Crippen LogP contribution in [0.15, 0.2) is 41.1 Å². The molecular formula is C14H14ClNOS. The van der Waals surface area contributed by atoms with Crippen LogP contribution in [-0.4, -0.2) is 5.91 Å². The minimum Gasteiger partial charge on any atom is -0.352 e. The zero-order valence-corrected chi connectivity index (χ0v) is 11.4. The summed E-state index contributed by atoms with van der Waals surface area (Å²) in [5.41, 5.74) is 2.24. The molecule has 0 aliphatic heterocycles. The molecule has 0 saturated heterocycles. The summed E-state index contributed by atoms with van der Waals surface area (Å²) >= 11 is 7.53. The lowest BCUT2D eigenvalue weighted by molar-refractivity contribution is -0.121. The van der Waals surface area contributed by atoms with Crippen LogP contribution in [0.25, 0.3) is 0 Å². The smallest absolute Gasteiger partial charge is 0.220 e. The summed E-state index contributed by atoms with van der Waals surface area (Å²) in [7, 11) is 0. The van der Waals surface area contributed by atoms with Crippen molar-refractivity contribution in [3.05, 3.63) is 57.2 Å². The molecule has 18 heavy (non-hydrogen) atoms. The largest absolute Gasteiger partial charge is 0.352 e. The molecule has 2 aromatic rings. The van der Waals surface area contributed by atoms with Crippen LogP contribution in [0.2, 0.25) is 5.02 Å². The quantitative estimate of drug-likeness (QED) is 0.889. The summed E-state index contributed by atoms with van der Waals surface area (Å²) in [4.78, 5) is 11.7. The number of rotatable bonds is 5. The minimum absolute atomic E-state index is 0.0705. The normalized spacial score (nSPS) is 10.3. The van der Waals surface area contributed by atoms with Crippen molar-refractivity contribution in [1.29, 1.82) is 0 Å². The maximum absolute atomic E-state index is 11.7. The van der Waals surface area contributed by atoms with Crippen molar-refractivity contribution in [2.75, 3.05) is 0 Å². The number of thiophene rings is 1. The van der Waals surface area contributed by atoms with Crippen molar-refractivity contribution in [1.82, 2.24) is 5.32 Å². The standard InChI is InChI=1S/C14H14ClNOS/c15-13-3-1-2-11(8-13)4-5-14(17)16-9-12-6-7-18-10-12/h1-3,6-8,10H,4-5,9H2,(H,16,17). The molecule has 0 aliphatic carbocycles. The van der Waals surface area contributed by atoms with Gasteiger partial charge in [0.05, 0.1) is 0 Å². The molecule has 0 fully saturated rings. The van der Waals surface area contributed by atoms with E-state index in [0.29, 0.717) is 18.0 Å². The van der Waals surface area contributed by atoms with Gasteiger partial charge in [-0.3, -0.25) is 4.79 Å². The summed E-state index contributed by atoms with van der Waals surface area (Å²) in [6.07, 6.45) is 1.21. The van der Waals surface area contributed by atoms with Crippen LogP contribution in [0, 0.1) is 0 Å². The van der Waals surface area contributed by atoms with Crippen molar-refractivity contribution in [3.63, 3.8) is 0 Å². The van der Waals surface area contributed by atoms with Crippen LogP contribution in [-0.2, 0) is 17.8 Å². The summed E-state index contributed by atoms with van der Waals surface area (Å²) in [6.45, 7) is 0.609. The zero-order valence-electron chi connectivity index (χ0n) is 9.86. The van der Waals surface area contributed by atoms with E-state index in [4.69, 9.17) is 11.6 Å². The highest BCUT2D eigenvalue weighted by atomic mass is 35.5. The summed E-state index contributed by atoms with van der Waals surface area (Å²) in [5.74, 6) is 0.0705. The van der Waals surface area contributed by atoms with Crippen molar-refractivity contribution < 1.29 is 4.79 Å². The Hall–Kier alpha value is -1.32. The number of aryl methyl sites for hydroxylation is 1. The van der Waals surface area contributed by atoms with Gasteiger partial charge in [-0.25, -0.2) is 0 Å². The molecule has 1 N–H and O–H groups in total. The molecule has 0 atom stereocenters. The first kappa shape index (κ1) is 13.1. The third kappa shape index (κ3) is 4.17. The third-order valence-electron chi connectivity index (χ3n) is 2.60. The lowest BCUT2D eigenvalue weighted by Gasteiger charge is -2.04. The van der Waals surface area contributed by atoms with E-state index < -0.39 is 0 Å². The van der Waals surface area contributed by atoms with E-state index in [1.165, 1.54) is 0 Å². The Morgan fingerprint density at radius 2 is 2.17 bits per heavy atom. The molecule has 4 heteroatoms. The first-order valence-electron chi connectivity index (χ1n) is 5.76. The Kier molecular flexibility index (Phi) is 4.79. The summed E-state index contributed by atoms with van der Waals surface area (Å²) in [5, 5.41) is 7.67. The van der Waals surface area contributed by atoms with Crippen molar-refractivity contribution in [3.8, 4) is 0 Å². The fourth-order valence-electron chi connectivity index (χ4n) is 1.63. The van der Waals surface area contributed by atoms with E-state index >= 15 is 0 Å². The van der Waals surface area contributed by atoms with Crippen LogP contribution in [0.5, 0.6) is 0 Å². The van der Waals surface area contributed by atoms with E-state index in [2.05, 4.69) is 5.32 Å². The van der Waals surface area contributed by atoms with Crippen LogP contribution in [0.3, 0.4) is 0 Å². The SMILES string of the molecule is O=C(CCc1cccc(Cl)c1)NCc1ccsc1. The molecule has 2 rings (SSSR count). The number of nitrogens with one attached hydrogen (secondary N) is 1. The number of hydrogen-bond acceptors (Lipinski definition) is 2. The topological polar surface area (TPSA) is 29.1 Å². The van der Waals surface area contributed by atoms with Gasteiger partial charge in [-0.2, -0.15) is 11.3 Å². The molecule has 0 radical (unpaired) electrons. The Balaban J connectivity index is 1.75. The molecule has 0 spiro atoms. The molecule has 94 valence electrons. The Morgan fingerprint density at radius 3 is 2.89 bits per heavy atom. The average Bonchev–Trinajstić information content (AvgIpc) is 2.87. The van der Waals surface area contributed by atoms with Gasteiger partial charge in [-0.1, -0.05) is 23.7 Å². The van der Waals surface area contributed by atoms with Gasteiger partial charge in [-0.15, -0.1) is 0 Å². The van der Waals surface area contributed by atoms with Gasteiger partial charge in [0.1, 0.15) is 0 Å². The molecule has 1 aromatic heterocycles. The van der Waals surface area contributed by atoms with Crippen LogP contribution in [0.4, 0.5) is 0 Å². The molecule has 0 saturated carbocycles. The Bertz CT molecular complexity index is 510. The van der Waals surface area contributed by atoms with E-state index in [0.717, 1.165) is 17.5 Å². The number of carbonyl (C=O) groups is 1. The first-order chi connectivity index (χ1) is 8.74. The zero-order chi connectivity index (χ0) is 12.8. The second-order valence-electron chi connectivity index (χ2n) is 4.04.